The molecule has 1 aliphatic rings. The number of hydrogen-bond donors (Lipinski definition) is 1. The first-order valence-corrected chi connectivity index (χ1v) is 6.68. The summed E-state index contributed by atoms with van der Waals surface area (Å²) in [6.07, 6.45) is 6.01. The first-order chi connectivity index (χ1) is 8.29. The van der Waals surface area contributed by atoms with Gasteiger partial charge < -0.3 is 14.8 Å². The molecular weight excluding hydrogens is 218 g/mol. The average Bonchev–Trinajstić information content (AvgIpc) is 2.36. The molecule has 100 valence electrons. The highest BCUT2D eigenvalue weighted by Gasteiger charge is 2.29. The van der Waals surface area contributed by atoms with Gasteiger partial charge in [-0.15, -0.1) is 0 Å². The fraction of sp³-hybridized carbons (Fsp3) is 0.923. The summed E-state index contributed by atoms with van der Waals surface area (Å²) >= 11 is 0. The minimum atomic E-state index is -0.148. The van der Waals surface area contributed by atoms with Gasteiger partial charge in [0.2, 0.25) is 0 Å². The van der Waals surface area contributed by atoms with Crippen molar-refractivity contribution >= 4 is 5.97 Å². The van der Waals surface area contributed by atoms with E-state index in [0.717, 1.165) is 12.8 Å². The number of methoxy groups -OCH3 is 1. The van der Waals surface area contributed by atoms with E-state index in [9.17, 15) is 4.79 Å². The lowest BCUT2D eigenvalue weighted by Crippen LogP contribution is -2.45. The lowest BCUT2D eigenvalue weighted by atomic mass is 9.84. The Morgan fingerprint density at radius 1 is 1.35 bits per heavy atom. The highest BCUT2D eigenvalue weighted by molar-refractivity contribution is 5.76. The van der Waals surface area contributed by atoms with Crippen molar-refractivity contribution in [3.05, 3.63) is 0 Å². The number of esters is 1. The summed E-state index contributed by atoms with van der Waals surface area (Å²) in [4.78, 5) is 11.9. The van der Waals surface area contributed by atoms with Gasteiger partial charge in [-0.2, -0.15) is 0 Å². The van der Waals surface area contributed by atoms with E-state index < -0.39 is 0 Å². The third-order valence-corrected chi connectivity index (χ3v) is 3.33. The number of nitrogens with one attached hydrogen (secondary N) is 1. The summed E-state index contributed by atoms with van der Waals surface area (Å²) in [5, 5.41) is 3.28. The lowest BCUT2D eigenvalue weighted by molar-refractivity contribution is -0.147. The number of rotatable bonds is 7. The van der Waals surface area contributed by atoms with E-state index in [2.05, 4.69) is 5.32 Å². The molecule has 0 spiro atoms. The molecule has 0 aromatic rings. The Balaban J connectivity index is 2.47. The van der Waals surface area contributed by atoms with Crippen LogP contribution in [0.1, 0.15) is 39.0 Å². The molecule has 0 aromatic carbocycles. The van der Waals surface area contributed by atoms with Crippen LogP contribution in [0, 0.1) is 5.92 Å². The quantitative estimate of drug-likeness (QED) is 0.546. The average molecular weight is 243 g/mol. The van der Waals surface area contributed by atoms with Crippen molar-refractivity contribution in [1.29, 1.82) is 0 Å². The minimum Gasteiger partial charge on any atom is -0.465 e. The van der Waals surface area contributed by atoms with Crippen molar-refractivity contribution in [2.45, 2.75) is 45.1 Å². The van der Waals surface area contributed by atoms with Crippen molar-refractivity contribution in [3.63, 3.8) is 0 Å². The topological polar surface area (TPSA) is 47.6 Å². The van der Waals surface area contributed by atoms with Crippen molar-refractivity contribution in [2.75, 3.05) is 26.9 Å². The Hall–Kier alpha value is -0.610. The number of carbonyl (C=O) groups is 1. The van der Waals surface area contributed by atoms with E-state index in [4.69, 9.17) is 9.47 Å². The second-order valence-electron chi connectivity index (χ2n) is 4.57. The van der Waals surface area contributed by atoms with Crippen LogP contribution >= 0.6 is 0 Å². The second-order valence-corrected chi connectivity index (χ2v) is 4.57. The maximum atomic E-state index is 11.9. The summed E-state index contributed by atoms with van der Waals surface area (Å²) in [5.74, 6) is 0.329. The maximum absolute atomic E-state index is 11.9. The molecule has 0 radical (unpaired) electrons. The van der Waals surface area contributed by atoms with E-state index in [1.807, 2.05) is 6.92 Å². The van der Waals surface area contributed by atoms with Crippen LogP contribution in [-0.2, 0) is 14.3 Å². The third-order valence-electron chi connectivity index (χ3n) is 3.33. The van der Waals surface area contributed by atoms with Crippen LogP contribution in [-0.4, -0.2) is 38.9 Å². The summed E-state index contributed by atoms with van der Waals surface area (Å²) in [6, 6.07) is -0.148. The zero-order valence-electron chi connectivity index (χ0n) is 11.0. The van der Waals surface area contributed by atoms with Crippen LogP contribution in [0.5, 0.6) is 0 Å². The van der Waals surface area contributed by atoms with E-state index in [-0.39, 0.29) is 12.0 Å². The minimum absolute atomic E-state index is 0.101. The first kappa shape index (κ1) is 14.5. The van der Waals surface area contributed by atoms with Gasteiger partial charge in [0.15, 0.2) is 0 Å². The lowest BCUT2D eigenvalue weighted by Gasteiger charge is -2.29. The van der Waals surface area contributed by atoms with E-state index in [0.29, 0.717) is 25.7 Å². The summed E-state index contributed by atoms with van der Waals surface area (Å²) in [7, 11) is 1.67. The monoisotopic (exact) mass is 243 g/mol. The Labute approximate surface area is 104 Å². The molecule has 1 N–H and O–H groups in total. The molecule has 0 aromatic heterocycles. The molecule has 4 heteroatoms. The molecule has 0 saturated heterocycles. The molecule has 1 unspecified atom stereocenters. The molecule has 0 bridgehead atoms. The second kappa shape index (κ2) is 8.48. The van der Waals surface area contributed by atoms with Crippen LogP contribution in [0.25, 0.3) is 0 Å². The number of hydrogen-bond acceptors (Lipinski definition) is 4. The Kier molecular flexibility index (Phi) is 7.21. The predicted molar refractivity (Wildman–Crippen MR) is 66.9 cm³/mol. The molecule has 1 fully saturated rings. The van der Waals surface area contributed by atoms with Gasteiger partial charge in [-0.3, -0.25) is 4.79 Å². The highest BCUT2D eigenvalue weighted by Crippen LogP contribution is 2.27. The van der Waals surface area contributed by atoms with Crippen LogP contribution in [0.3, 0.4) is 0 Å². The molecule has 0 amide bonds. The van der Waals surface area contributed by atoms with Gasteiger partial charge in [-0.05, 0) is 25.7 Å². The van der Waals surface area contributed by atoms with Gasteiger partial charge >= 0.3 is 5.97 Å². The van der Waals surface area contributed by atoms with Gasteiger partial charge in [0.25, 0.3) is 0 Å². The normalized spacial score (nSPS) is 18.9. The third kappa shape index (κ3) is 5.04. The zero-order chi connectivity index (χ0) is 12.5. The molecule has 0 aliphatic heterocycles. The smallest absolute Gasteiger partial charge is 0.323 e. The molecule has 4 nitrogen and oxygen atoms in total. The summed E-state index contributed by atoms with van der Waals surface area (Å²) in [6.45, 7) is 3.64. The maximum Gasteiger partial charge on any atom is 0.323 e. The molecule has 1 atom stereocenters. The SMILES string of the molecule is CCOC(=O)C(NCCOC)C1CCCCC1. The summed E-state index contributed by atoms with van der Waals surface area (Å²) in [5.41, 5.74) is 0. The van der Waals surface area contributed by atoms with Crippen LogP contribution < -0.4 is 5.32 Å². The van der Waals surface area contributed by atoms with Crippen molar-refractivity contribution in [2.24, 2.45) is 5.92 Å². The standard InChI is InChI=1S/C13H25NO3/c1-3-17-13(15)12(14-9-10-16-2)11-7-5-4-6-8-11/h11-12,14H,3-10H2,1-2H3. The molecule has 1 saturated carbocycles. The van der Waals surface area contributed by atoms with Crippen molar-refractivity contribution < 1.29 is 14.3 Å². The van der Waals surface area contributed by atoms with Gasteiger partial charge in [-0.25, -0.2) is 0 Å². The van der Waals surface area contributed by atoms with Gasteiger partial charge in [-0.1, -0.05) is 19.3 Å². The zero-order valence-corrected chi connectivity index (χ0v) is 11.0. The molecule has 1 rings (SSSR count). The predicted octanol–water partition coefficient (Wildman–Crippen LogP) is 1.73. The number of ether oxygens (including phenoxy) is 2. The molecule has 0 heterocycles. The summed E-state index contributed by atoms with van der Waals surface area (Å²) < 4.78 is 10.2. The molecule has 17 heavy (non-hydrogen) atoms. The van der Waals surface area contributed by atoms with Crippen molar-refractivity contribution in [3.8, 4) is 0 Å². The van der Waals surface area contributed by atoms with Gasteiger partial charge in [0.05, 0.1) is 13.2 Å². The Morgan fingerprint density at radius 2 is 2.06 bits per heavy atom. The fourth-order valence-corrected chi connectivity index (χ4v) is 2.46. The largest absolute Gasteiger partial charge is 0.465 e. The van der Waals surface area contributed by atoms with Crippen LogP contribution in [0.2, 0.25) is 0 Å². The Morgan fingerprint density at radius 3 is 2.65 bits per heavy atom. The van der Waals surface area contributed by atoms with Crippen molar-refractivity contribution in [1.82, 2.24) is 5.32 Å². The first-order valence-electron chi connectivity index (χ1n) is 6.68. The highest BCUT2D eigenvalue weighted by atomic mass is 16.5. The van der Waals surface area contributed by atoms with Gasteiger partial charge in [0.1, 0.15) is 6.04 Å². The Bertz CT molecular complexity index is 215. The van der Waals surface area contributed by atoms with Crippen LogP contribution in [0.15, 0.2) is 0 Å². The fourth-order valence-electron chi connectivity index (χ4n) is 2.46. The van der Waals surface area contributed by atoms with Gasteiger partial charge in [0, 0.05) is 13.7 Å². The molecular formula is C13H25NO3. The van der Waals surface area contributed by atoms with E-state index >= 15 is 0 Å². The molecule has 1 aliphatic carbocycles. The van der Waals surface area contributed by atoms with E-state index in [1.54, 1.807) is 7.11 Å². The van der Waals surface area contributed by atoms with E-state index in [1.165, 1.54) is 19.3 Å². The van der Waals surface area contributed by atoms with Crippen LogP contribution in [0.4, 0.5) is 0 Å². The number of carbonyl (C=O) groups excluding carboxylic acids is 1.